The van der Waals surface area contributed by atoms with Gasteiger partial charge in [-0.2, -0.15) is 0 Å². The zero-order chi connectivity index (χ0) is 15.0. The van der Waals surface area contributed by atoms with Crippen molar-refractivity contribution in [1.82, 2.24) is 0 Å². The summed E-state index contributed by atoms with van der Waals surface area (Å²) in [6, 6.07) is 0. The van der Waals surface area contributed by atoms with Gasteiger partial charge in [-0.3, -0.25) is 0 Å². The standard InChI is InChI=1S/C16H28.C2H6/c1-9-13(3)14(15(4,5)6)11-12-16(7,8)10-2;1-2/h10-12H,2,9H2,1,3-8H3;1-2H3/b12-11+,14-13-;. The fourth-order valence-corrected chi connectivity index (χ4v) is 1.59. The minimum atomic E-state index is 0.0739. The summed E-state index contributed by atoms with van der Waals surface area (Å²) < 4.78 is 0. The van der Waals surface area contributed by atoms with E-state index < -0.39 is 0 Å². The third kappa shape index (κ3) is 7.53. The molecule has 0 aromatic carbocycles. The highest BCUT2D eigenvalue weighted by Crippen LogP contribution is 2.31. The summed E-state index contributed by atoms with van der Waals surface area (Å²) in [5.41, 5.74) is 3.21. The first kappa shape index (κ1) is 19.6. The van der Waals surface area contributed by atoms with Crippen LogP contribution in [0.15, 0.2) is 36.0 Å². The average molecular weight is 250 g/mol. The van der Waals surface area contributed by atoms with Crippen LogP contribution in [0.25, 0.3) is 0 Å². The van der Waals surface area contributed by atoms with Gasteiger partial charge in [0.05, 0.1) is 0 Å². The van der Waals surface area contributed by atoms with Gasteiger partial charge in [-0.25, -0.2) is 0 Å². The molecule has 0 aliphatic carbocycles. The second kappa shape index (κ2) is 8.34. The SMILES string of the molecule is C=CC(C)(C)/C=C/C(=C(\C)CC)C(C)(C)C.CC. The molecule has 0 aliphatic rings. The summed E-state index contributed by atoms with van der Waals surface area (Å²) in [5.74, 6) is 0. The van der Waals surface area contributed by atoms with Crippen LogP contribution in [0.1, 0.15) is 68.7 Å². The minimum absolute atomic E-state index is 0.0739. The Morgan fingerprint density at radius 3 is 1.78 bits per heavy atom. The van der Waals surface area contributed by atoms with Gasteiger partial charge in [0.1, 0.15) is 0 Å². The summed E-state index contributed by atoms with van der Waals surface area (Å²) in [5, 5.41) is 0. The van der Waals surface area contributed by atoms with Gasteiger partial charge < -0.3 is 0 Å². The van der Waals surface area contributed by atoms with E-state index >= 15 is 0 Å². The molecule has 0 radical (unpaired) electrons. The highest BCUT2D eigenvalue weighted by Gasteiger charge is 2.17. The van der Waals surface area contributed by atoms with Crippen molar-refractivity contribution >= 4 is 0 Å². The van der Waals surface area contributed by atoms with Gasteiger partial charge in [0.15, 0.2) is 0 Å². The van der Waals surface area contributed by atoms with Crippen molar-refractivity contribution in [3.8, 4) is 0 Å². The van der Waals surface area contributed by atoms with E-state index in [1.165, 1.54) is 11.1 Å². The Bertz CT molecular complexity index is 292. The quantitative estimate of drug-likeness (QED) is 0.392. The molecule has 0 aromatic heterocycles. The smallest absolute Gasteiger partial charge is 0.000495 e. The molecule has 18 heavy (non-hydrogen) atoms. The van der Waals surface area contributed by atoms with Crippen molar-refractivity contribution in [3.05, 3.63) is 36.0 Å². The van der Waals surface area contributed by atoms with E-state index in [1.54, 1.807) is 0 Å². The van der Waals surface area contributed by atoms with Crippen molar-refractivity contribution in [2.24, 2.45) is 10.8 Å². The topological polar surface area (TPSA) is 0 Å². The van der Waals surface area contributed by atoms with Gasteiger partial charge in [0.2, 0.25) is 0 Å². The van der Waals surface area contributed by atoms with Gasteiger partial charge in [-0.1, -0.05) is 79.2 Å². The van der Waals surface area contributed by atoms with Gasteiger partial charge in [-0.05, 0) is 24.3 Å². The van der Waals surface area contributed by atoms with Gasteiger partial charge >= 0.3 is 0 Å². The molecule has 0 heterocycles. The average Bonchev–Trinajstić information content (AvgIpc) is 2.29. The van der Waals surface area contributed by atoms with Crippen molar-refractivity contribution in [1.29, 1.82) is 0 Å². The first-order chi connectivity index (χ1) is 8.14. The van der Waals surface area contributed by atoms with Crippen LogP contribution in [0.4, 0.5) is 0 Å². The predicted octanol–water partition coefficient (Wildman–Crippen LogP) is 6.55. The fraction of sp³-hybridized carbons (Fsp3) is 0.667. The zero-order valence-corrected chi connectivity index (χ0v) is 14.1. The maximum Gasteiger partial charge on any atom is 0.000495 e. The van der Waals surface area contributed by atoms with Gasteiger partial charge in [0, 0.05) is 5.41 Å². The molecular weight excluding hydrogens is 216 g/mol. The summed E-state index contributed by atoms with van der Waals surface area (Å²) in [7, 11) is 0. The van der Waals surface area contributed by atoms with Crippen molar-refractivity contribution in [2.75, 3.05) is 0 Å². The molecule has 0 saturated carbocycles. The van der Waals surface area contributed by atoms with Crippen LogP contribution >= 0.6 is 0 Å². The second-order valence-electron chi connectivity index (χ2n) is 6.16. The van der Waals surface area contributed by atoms with Crippen LogP contribution in [-0.2, 0) is 0 Å². The minimum Gasteiger partial charge on any atom is -0.102 e. The largest absolute Gasteiger partial charge is 0.102 e. The molecule has 0 N–H and O–H groups in total. The Hall–Kier alpha value is -0.780. The van der Waals surface area contributed by atoms with E-state index in [0.717, 1.165) is 6.42 Å². The molecule has 0 saturated heterocycles. The van der Waals surface area contributed by atoms with E-state index in [1.807, 2.05) is 19.9 Å². The van der Waals surface area contributed by atoms with Crippen LogP contribution in [0.5, 0.6) is 0 Å². The Balaban J connectivity index is 0. The van der Waals surface area contributed by atoms with Crippen molar-refractivity contribution < 1.29 is 0 Å². The summed E-state index contributed by atoms with van der Waals surface area (Å²) >= 11 is 0. The van der Waals surface area contributed by atoms with E-state index in [0.29, 0.717) is 0 Å². The monoisotopic (exact) mass is 250 g/mol. The normalized spacial score (nSPS) is 13.8. The molecule has 0 aliphatic heterocycles. The maximum atomic E-state index is 3.87. The third-order valence-corrected chi connectivity index (χ3v) is 3.00. The van der Waals surface area contributed by atoms with Crippen LogP contribution in [0.2, 0.25) is 0 Å². The molecular formula is C18H34. The van der Waals surface area contributed by atoms with Crippen LogP contribution in [0, 0.1) is 10.8 Å². The zero-order valence-electron chi connectivity index (χ0n) is 14.1. The first-order valence-corrected chi connectivity index (χ1v) is 7.17. The molecule has 0 nitrogen and oxygen atoms in total. The highest BCUT2D eigenvalue weighted by atomic mass is 14.2. The predicted molar refractivity (Wildman–Crippen MR) is 86.9 cm³/mol. The van der Waals surface area contributed by atoms with Gasteiger partial charge in [0.25, 0.3) is 0 Å². The number of rotatable bonds is 4. The van der Waals surface area contributed by atoms with Crippen molar-refractivity contribution in [2.45, 2.75) is 68.7 Å². The van der Waals surface area contributed by atoms with Gasteiger partial charge in [-0.15, -0.1) is 6.58 Å². The molecule has 0 heteroatoms. The molecule has 0 amide bonds. The van der Waals surface area contributed by atoms with E-state index in [2.05, 4.69) is 67.2 Å². The molecule has 106 valence electrons. The molecule has 0 fully saturated rings. The number of hydrogen-bond donors (Lipinski definition) is 0. The molecule has 0 aromatic rings. The lowest BCUT2D eigenvalue weighted by Gasteiger charge is -2.24. The Kier molecular flexibility index (Phi) is 9.07. The molecule has 0 atom stereocenters. The first-order valence-electron chi connectivity index (χ1n) is 7.17. The summed E-state index contributed by atoms with van der Waals surface area (Å²) in [6.45, 7) is 23.5. The second-order valence-corrected chi connectivity index (χ2v) is 6.16. The highest BCUT2D eigenvalue weighted by molar-refractivity contribution is 5.31. The van der Waals surface area contributed by atoms with Crippen LogP contribution < -0.4 is 0 Å². The summed E-state index contributed by atoms with van der Waals surface area (Å²) in [6.07, 6.45) is 7.64. The lowest BCUT2D eigenvalue weighted by molar-refractivity contribution is 0.507. The van der Waals surface area contributed by atoms with Crippen LogP contribution in [-0.4, -0.2) is 0 Å². The van der Waals surface area contributed by atoms with E-state index in [-0.39, 0.29) is 10.8 Å². The number of hydrogen-bond acceptors (Lipinski definition) is 0. The fourth-order valence-electron chi connectivity index (χ4n) is 1.59. The van der Waals surface area contributed by atoms with E-state index in [9.17, 15) is 0 Å². The molecule has 0 rings (SSSR count). The molecule has 0 bridgehead atoms. The van der Waals surface area contributed by atoms with Crippen molar-refractivity contribution in [3.63, 3.8) is 0 Å². The third-order valence-electron chi connectivity index (χ3n) is 3.00. The Labute approximate surface area is 116 Å². The molecule has 0 unspecified atom stereocenters. The van der Waals surface area contributed by atoms with E-state index in [4.69, 9.17) is 0 Å². The molecule has 0 spiro atoms. The Morgan fingerprint density at radius 2 is 1.50 bits per heavy atom. The van der Waals surface area contributed by atoms with Crippen LogP contribution in [0.3, 0.4) is 0 Å². The summed E-state index contributed by atoms with van der Waals surface area (Å²) in [4.78, 5) is 0. The lowest BCUT2D eigenvalue weighted by atomic mass is 9.81. The lowest BCUT2D eigenvalue weighted by Crippen LogP contribution is -2.11. The maximum absolute atomic E-state index is 3.87. The Morgan fingerprint density at radius 1 is 1.06 bits per heavy atom. The number of allylic oxidation sites excluding steroid dienone is 5.